The molecule has 150 valence electrons. The van der Waals surface area contributed by atoms with Gasteiger partial charge in [-0.3, -0.25) is 0 Å². The topological polar surface area (TPSA) is 0 Å². The normalized spacial score (nSPS) is 11.9. The van der Waals surface area contributed by atoms with Crippen molar-refractivity contribution < 1.29 is 25.8 Å². The summed E-state index contributed by atoms with van der Waals surface area (Å²) in [7, 11) is 0. The van der Waals surface area contributed by atoms with Crippen molar-refractivity contribution in [2.75, 3.05) is 0 Å². The third-order valence-corrected chi connectivity index (χ3v) is 6.45. The molecule has 0 nitrogen and oxygen atoms in total. The first-order valence-electron chi connectivity index (χ1n) is 9.72. The number of fused-ring (bicyclic) bond motifs is 2. The molecule has 3 aromatic carbocycles. The molecule has 1 heteroatoms. The molecule has 0 atom stereocenters. The van der Waals surface area contributed by atoms with Gasteiger partial charge in [-0.2, -0.15) is 33.9 Å². The summed E-state index contributed by atoms with van der Waals surface area (Å²) < 4.78 is 0. The maximum absolute atomic E-state index is 2.44. The van der Waals surface area contributed by atoms with E-state index in [4.69, 9.17) is 0 Å². The van der Waals surface area contributed by atoms with E-state index in [-0.39, 0.29) is 40.7 Å². The molecule has 0 radical (unpaired) electrons. The van der Waals surface area contributed by atoms with Crippen LogP contribution in [0.1, 0.15) is 70.7 Å². The Morgan fingerprint density at radius 3 is 1.79 bits per heavy atom. The van der Waals surface area contributed by atoms with Gasteiger partial charge >= 0.3 is 25.8 Å². The van der Waals surface area contributed by atoms with Crippen LogP contribution in [0.15, 0.2) is 24.3 Å². The Bertz CT molecular complexity index is 822. The van der Waals surface area contributed by atoms with Crippen LogP contribution in [0.5, 0.6) is 0 Å². The average Bonchev–Trinajstić information content (AvgIpc) is 3.25. The minimum absolute atomic E-state index is 0. The molecule has 0 saturated carbocycles. The molecule has 0 bridgehead atoms. The molecular weight excluding hydrogens is 503 g/mol. The van der Waals surface area contributed by atoms with Crippen molar-refractivity contribution >= 4 is 10.8 Å². The largest absolute Gasteiger partial charge is 4.00 e. The third kappa shape index (κ3) is 4.96. The molecule has 0 saturated heterocycles. The summed E-state index contributed by atoms with van der Waals surface area (Å²) in [6.07, 6.45) is 3.92. The molecule has 0 spiro atoms. The number of hydrogen-bond acceptors (Lipinski definition) is 0. The molecule has 0 N–H and O–H groups in total. The molecule has 4 rings (SSSR count). The van der Waals surface area contributed by atoms with E-state index in [1.165, 1.54) is 63.4 Å². The zero-order valence-corrected chi connectivity index (χ0v) is 23.1. The van der Waals surface area contributed by atoms with Crippen molar-refractivity contribution in [3.8, 4) is 0 Å². The Morgan fingerprint density at radius 1 is 0.857 bits per heavy atom. The first kappa shape index (κ1) is 27.1. The molecule has 0 aromatic heterocycles. The van der Waals surface area contributed by atoms with Gasteiger partial charge in [0.15, 0.2) is 0 Å². The molecule has 0 aliphatic heterocycles. The molecule has 0 fully saturated rings. The molecule has 0 heterocycles. The smallest absolute Gasteiger partial charge is 0.358 e. The minimum Gasteiger partial charge on any atom is -0.358 e. The van der Waals surface area contributed by atoms with Crippen LogP contribution in [-0.2, 0) is 38.7 Å². The Hall–Kier alpha value is -0.950. The summed E-state index contributed by atoms with van der Waals surface area (Å²) in [4.78, 5) is 0. The van der Waals surface area contributed by atoms with Crippen molar-refractivity contribution in [1.82, 2.24) is 0 Å². The second kappa shape index (κ2) is 10.7. The maximum atomic E-state index is 2.44. The fourth-order valence-electron chi connectivity index (χ4n) is 4.21. The van der Waals surface area contributed by atoms with Crippen molar-refractivity contribution in [2.24, 2.45) is 0 Å². The van der Waals surface area contributed by atoms with Crippen LogP contribution in [0.25, 0.3) is 10.8 Å². The van der Waals surface area contributed by atoms with E-state index in [1.807, 2.05) is 0 Å². The standard InChI is InChI=1S/C15H17.C10H15.2CH3.Hf/c1-10(2)14-7-6-13-8-11-4-3-5-12(11)9-15(13)14;1-6-7(2)9(4)10(5)8(6)3;;;/h6-10H,3-5H2,1-2H3;1-5H3;2*1H3;/q4*-1;+4. The van der Waals surface area contributed by atoms with E-state index in [9.17, 15) is 0 Å². The number of benzene rings is 1. The number of hydrogen-bond donors (Lipinski definition) is 0. The van der Waals surface area contributed by atoms with E-state index < -0.39 is 0 Å². The van der Waals surface area contributed by atoms with Gasteiger partial charge in [0.05, 0.1) is 0 Å². The van der Waals surface area contributed by atoms with Gasteiger partial charge in [-0.15, -0.1) is 34.5 Å². The van der Waals surface area contributed by atoms with E-state index in [0.29, 0.717) is 5.92 Å². The van der Waals surface area contributed by atoms with E-state index in [0.717, 1.165) is 0 Å². The second-order valence-electron chi connectivity index (χ2n) is 8.13. The Balaban J connectivity index is 0.000000503. The first-order valence-corrected chi connectivity index (χ1v) is 9.72. The van der Waals surface area contributed by atoms with Crippen LogP contribution < -0.4 is 0 Å². The Labute approximate surface area is 193 Å². The van der Waals surface area contributed by atoms with Gasteiger partial charge in [0.25, 0.3) is 0 Å². The summed E-state index contributed by atoms with van der Waals surface area (Å²) in [5.74, 6) is 0.641. The van der Waals surface area contributed by atoms with Gasteiger partial charge < -0.3 is 14.9 Å². The van der Waals surface area contributed by atoms with Gasteiger partial charge in [0.2, 0.25) is 0 Å². The molecule has 1 aliphatic rings. The van der Waals surface area contributed by atoms with E-state index >= 15 is 0 Å². The summed E-state index contributed by atoms with van der Waals surface area (Å²) in [5.41, 5.74) is 12.0. The van der Waals surface area contributed by atoms with Crippen molar-refractivity contribution in [3.63, 3.8) is 0 Å². The first-order chi connectivity index (χ1) is 11.8. The Kier molecular flexibility index (Phi) is 10.4. The number of aryl methyl sites for hydroxylation is 2. The predicted molar refractivity (Wildman–Crippen MR) is 124 cm³/mol. The molecule has 3 aromatic rings. The van der Waals surface area contributed by atoms with Crippen LogP contribution in [0, 0.1) is 49.5 Å². The zero-order chi connectivity index (χ0) is 18.3. The van der Waals surface area contributed by atoms with Gasteiger partial charge in [-0.25, -0.2) is 0 Å². The summed E-state index contributed by atoms with van der Waals surface area (Å²) in [6, 6.07) is 9.42. The predicted octanol–water partition coefficient (Wildman–Crippen LogP) is 8.02. The zero-order valence-electron chi connectivity index (χ0n) is 19.5. The van der Waals surface area contributed by atoms with E-state index in [2.05, 4.69) is 72.7 Å². The van der Waals surface area contributed by atoms with E-state index in [1.54, 1.807) is 11.1 Å². The van der Waals surface area contributed by atoms with Crippen LogP contribution in [-0.4, -0.2) is 0 Å². The quantitative estimate of drug-likeness (QED) is 0.216. The summed E-state index contributed by atoms with van der Waals surface area (Å²) >= 11 is 0. The van der Waals surface area contributed by atoms with Crippen LogP contribution in [0.2, 0.25) is 0 Å². The molecule has 0 amide bonds. The fraction of sp³-hybridized carbons (Fsp3) is 0.407. The number of rotatable bonds is 1. The van der Waals surface area contributed by atoms with Gasteiger partial charge in [-0.1, -0.05) is 65.5 Å². The Morgan fingerprint density at radius 2 is 1.36 bits per heavy atom. The minimum atomic E-state index is 0. The third-order valence-electron chi connectivity index (χ3n) is 6.45. The fourth-order valence-corrected chi connectivity index (χ4v) is 4.21. The maximum Gasteiger partial charge on any atom is 4.00 e. The van der Waals surface area contributed by atoms with Gasteiger partial charge in [0, 0.05) is 0 Å². The van der Waals surface area contributed by atoms with Crippen molar-refractivity contribution in [3.05, 3.63) is 83.6 Å². The van der Waals surface area contributed by atoms with Gasteiger partial charge in [0.1, 0.15) is 0 Å². The molecule has 28 heavy (non-hydrogen) atoms. The summed E-state index contributed by atoms with van der Waals surface area (Å²) in [5, 5.41) is 2.94. The van der Waals surface area contributed by atoms with Crippen molar-refractivity contribution in [1.29, 1.82) is 0 Å². The summed E-state index contributed by atoms with van der Waals surface area (Å²) in [6.45, 7) is 15.6. The van der Waals surface area contributed by atoms with Crippen molar-refractivity contribution in [2.45, 2.75) is 73.6 Å². The molecule has 1 aliphatic carbocycles. The monoisotopic (exact) mass is 542 g/mol. The van der Waals surface area contributed by atoms with Crippen LogP contribution >= 0.6 is 0 Å². The molecular formula is C27H38Hf. The molecule has 0 unspecified atom stereocenters. The average molecular weight is 541 g/mol. The van der Waals surface area contributed by atoms with Crippen LogP contribution in [0.4, 0.5) is 0 Å². The second-order valence-corrected chi connectivity index (χ2v) is 8.13. The SMILES string of the molecule is CC(C)[c-]1ccc2cc3c(cc21)CCC3.Cc1c(C)c(C)[c-](C)c1C.[CH3-].[CH3-].[Hf+4]. The van der Waals surface area contributed by atoms with Gasteiger partial charge in [-0.05, 0) is 19.3 Å². The van der Waals surface area contributed by atoms with Crippen LogP contribution in [0.3, 0.4) is 0 Å².